The fourth-order valence-electron chi connectivity index (χ4n) is 6.39. The maximum Gasteiger partial charge on any atom is 0.413 e. The fourth-order valence-corrected chi connectivity index (χ4v) is 10.9. The highest BCUT2D eigenvalue weighted by molar-refractivity contribution is 6.99. The maximum absolute atomic E-state index is 14.5. The third kappa shape index (κ3) is 5.02. The predicted molar refractivity (Wildman–Crippen MR) is 158 cm³/mol. The molecule has 7 heteroatoms. The van der Waals surface area contributed by atoms with E-state index in [-0.39, 0.29) is 30.1 Å². The molecule has 0 aliphatic carbocycles. The number of carbonyl (C=O) groups excluding carboxylic acids is 2. The van der Waals surface area contributed by atoms with E-state index < -0.39 is 26.2 Å². The van der Waals surface area contributed by atoms with Crippen molar-refractivity contribution in [2.75, 3.05) is 13.2 Å². The highest BCUT2D eigenvalue weighted by Gasteiger charge is 2.57. The van der Waals surface area contributed by atoms with Crippen molar-refractivity contribution in [3.05, 3.63) is 96.6 Å². The Bertz CT molecular complexity index is 1270. The second-order valence-corrected chi connectivity index (χ2v) is 16.2. The number of benzene rings is 3. The molecular weight excluding hydrogens is 518 g/mol. The van der Waals surface area contributed by atoms with Gasteiger partial charge in [-0.2, -0.15) is 0 Å². The van der Waals surface area contributed by atoms with Crippen molar-refractivity contribution in [1.29, 1.82) is 0 Å². The van der Waals surface area contributed by atoms with Crippen LogP contribution in [0.3, 0.4) is 0 Å². The van der Waals surface area contributed by atoms with E-state index in [9.17, 15) is 9.59 Å². The van der Waals surface area contributed by atoms with Crippen LogP contribution in [0.5, 0.6) is 0 Å². The molecule has 40 heavy (non-hydrogen) atoms. The molecule has 2 heterocycles. The Labute approximate surface area is 238 Å². The van der Waals surface area contributed by atoms with E-state index in [2.05, 4.69) is 45.0 Å². The predicted octanol–water partition coefficient (Wildman–Crippen LogP) is 5.61. The quantitative estimate of drug-likeness (QED) is 0.337. The summed E-state index contributed by atoms with van der Waals surface area (Å²) in [4.78, 5) is 29.4. The summed E-state index contributed by atoms with van der Waals surface area (Å²) in [6.45, 7) is 8.51. The van der Waals surface area contributed by atoms with E-state index in [1.165, 1.54) is 0 Å². The van der Waals surface area contributed by atoms with Gasteiger partial charge < -0.3 is 13.9 Å². The lowest BCUT2D eigenvalue weighted by Crippen LogP contribution is -2.68. The van der Waals surface area contributed by atoms with Gasteiger partial charge >= 0.3 is 6.09 Å². The molecule has 0 bridgehead atoms. The van der Waals surface area contributed by atoms with Crippen molar-refractivity contribution in [3.8, 4) is 0 Å². The Balaban J connectivity index is 1.56. The zero-order valence-corrected chi connectivity index (χ0v) is 24.8. The van der Waals surface area contributed by atoms with Gasteiger partial charge in [0.1, 0.15) is 6.61 Å². The number of hydrogen-bond acceptors (Lipinski definition) is 5. The summed E-state index contributed by atoms with van der Waals surface area (Å²) >= 11 is 0. The number of ketones is 1. The highest BCUT2D eigenvalue weighted by Crippen LogP contribution is 2.43. The molecule has 210 valence electrons. The molecule has 0 unspecified atom stereocenters. The van der Waals surface area contributed by atoms with Crippen LogP contribution in [0.4, 0.5) is 4.79 Å². The fraction of sp³-hybridized carbons (Fsp3) is 0.394. The average molecular weight is 558 g/mol. The molecule has 0 saturated carbocycles. The van der Waals surface area contributed by atoms with Crippen LogP contribution in [0, 0.1) is 0 Å². The second kappa shape index (κ2) is 11.3. The Morgan fingerprint density at radius 1 is 0.950 bits per heavy atom. The molecular formula is C33H39NO5Si. The maximum atomic E-state index is 14.5. The van der Waals surface area contributed by atoms with Gasteiger partial charge in [-0.1, -0.05) is 112 Å². The molecule has 0 aromatic heterocycles. The molecule has 3 aromatic carbocycles. The van der Waals surface area contributed by atoms with Crippen molar-refractivity contribution in [2.24, 2.45) is 0 Å². The van der Waals surface area contributed by atoms with E-state index in [0.29, 0.717) is 6.42 Å². The molecule has 3 atom stereocenters. The van der Waals surface area contributed by atoms with Crippen molar-refractivity contribution in [2.45, 2.75) is 69.9 Å². The highest BCUT2D eigenvalue weighted by atomic mass is 28.4. The number of ether oxygens (including phenoxy) is 2. The van der Waals surface area contributed by atoms with Gasteiger partial charge in [-0.25, -0.2) is 4.79 Å². The van der Waals surface area contributed by atoms with E-state index in [1.807, 2.05) is 73.7 Å². The number of carbonyl (C=O) groups is 2. The van der Waals surface area contributed by atoms with Crippen LogP contribution in [0.15, 0.2) is 91.0 Å². The smallest absolute Gasteiger partial charge is 0.413 e. The van der Waals surface area contributed by atoms with Crippen molar-refractivity contribution in [1.82, 2.24) is 4.90 Å². The van der Waals surface area contributed by atoms with E-state index in [1.54, 1.807) is 4.90 Å². The summed E-state index contributed by atoms with van der Waals surface area (Å²) < 4.78 is 19.1. The van der Waals surface area contributed by atoms with Gasteiger partial charge in [-0.3, -0.25) is 9.69 Å². The molecule has 0 radical (unpaired) electrons. The van der Waals surface area contributed by atoms with Crippen LogP contribution in [-0.2, 0) is 18.7 Å². The monoisotopic (exact) mass is 557 g/mol. The molecule has 5 rings (SSSR count). The Kier molecular flexibility index (Phi) is 8.00. The van der Waals surface area contributed by atoms with Crippen molar-refractivity contribution < 1.29 is 23.5 Å². The summed E-state index contributed by atoms with van der Waals surface area (Å²) in [5.41, 5.74) is -0.549. The molecule has 0 spiro atoms. The normalized spacial score (nSPS) is 23.6. The third-order valence-electron chi connectivity index (χ3n) is 8.24. The van der Waals surface area contributed by atoms with Crippen LogP contribution in [0.2, 0.25) is 5.04 Å². The van der Waals surface area contributed by atoms with Gasteiger partial charge in [-0.05, 0) is 40.7 Å². The lowest BCUT2D eigenvalue weighted by Gasteiger charge is -2.47. The number of cyclic esters (lactones) is 1. The van der Waals surface area contributed by atoms with Gasteiger partial charge in [-0.15, -0.1) is 0 Å². The van der Waals surface area contributed by atoms with Gasteiger partial charge in [0, 0.05) is 6.42 Å². The first kappa shape index (κ1) is 28.3. The molecule has 1 amide bonds. The van der Waals surface area contributed by atoms with E-state index in [0.717, 1.165) is 28.8 Å². The number of Topliss-reactive ketones (excluding diaryl/α,β-unsaturated/α-hetero) is 1. The first-order valence-corrected chi connectivity index (χ1v) is 16.1. The van der Waals surface area contributed by atoms with Crippen LogP contribution >= 0.6 is 0 Å². The van der Waals surface area contributed by atoms with E-state index in [4.69, 9.17) is 13.9 Å². The van der Waals surface area contributed by atoms with Gasteiger partial charge in [0.2, 0.25) is 11.5 Å². The van der Waals surface area contributed by atoms with Crippen LogP contribution in [-0.4, -0.2) is 50.1 Å². The minimum Gasteiger partial charge on any atom is -0.447 e. The summed E-state index contributed by atoms with van der Waals surface area (Å²) in [6.07, 6.45) is 1.27. The first-order valence-electron chi connectivity index (χ1n) is 14.2. The number of nitrogens with zero attached hydrogens (tertiary/aromatic N) is 1. The lowest BCUT2D eigenvalue weighted by molar-refractivity contribution is -0.203. The number of rotatable bonds is 8. The summed E-state index contributed by atoms with van der Waals surface area (Å²) in [5.74, 6) is -0.244. The Morgan fingerprint density at radius 2 is 1.50 bits per heavy atom. The van der Waals surface area contributed by atoms with Crippen LogP contribution < -0.4 is 10.4 Å². The zero-order valence-electron chi connectivity index (χ0n) is 23.8. The van der Waals surface area contributed by atoms with Gasteiger partial charge in [0.25, 0.3) is 8.32 Å². The second-order valence-electron chi connectivity index (χ2n) is 11.9. The average Bonchev–Trinajstić information content (AvgIpc) is 3.36. The molecule has 3 aromatic rings. The topological polar surface area (TPSA) is 65.1 Å². The SMILES string of the molecule is C[C@H]1CCC[C@@](C(=O)CO[Si](c2ccccc2)(c2ccccc2)C(C)(C)C)(N2C(=O)OC[C@H]2c2ccccc2)O1. The number of amides is 1. The summed E-state index contributed by atoms with van der Waals surface area (Å²) in [6, 6.07) is 29.8. The zero-order chi connectivity index (χ0) is 28.4. The van der Waals surface area contributed by atoms with Crippen molar-refractivity contribution in [3.63, 3.8) is 0 Å². The van der Waals surface area contributed by atoms with E-state index >= 15 is 0 Å². The van der Waals surface area contributed by atoms with Crippen LogP contribution in [0.1, 0.15) is 58.6 Å². The first-order chi connectivity index (χ1) is 19.2. The molecule has 2 aliphatic rings. The minimum absolute atomic E-state index is 0.172. The number of hydrogen-bond donors (Lipinski definition) is 0. The molecule has 2 fully saturated rings. The van der Waals surface area contributed by atoms with Crippen LogP contribution in [0.25, 0.3) is 0 Å². The molecule has 6 nitrogen and oxygen atoms in total. The largest absolute Gasteiger partial charge is 0.447 e. The standard InChI is InChI=1S/C33H39NO5Si/c1-25-15-14-22-33(39-25,34-29(23-37-31(34)36)26-16-8-5-9-17-26)30(35)24-38-40(32(2,3)4,27-18-10-6-11-19-27)28-20-12-7-13-21-28/h5-13,16-21,25,29H,14-15,22-24H2,1-4H3/t25-,29-,33+/m0/s1. The van der Waals surface area contributed by atoms with Gasteiger partial charge in [0.05, 0.1) is 18.8 Å². The molecule has 2 aliphatic heterocycles. The summed E-state index contributed by atoms with van der Waals surface area (Å²) in [5, 5.41) is 1.90. The molecule has 0 N–H and O–H groups in total. The van der Waals surface area contributed by atoms with Gasteiger partial charge in [0.15, 0.2) is 0 Å². The Morgan fingerprint density at radius 3 is 2.02 bits per heavy atom. The third-order valence-corrected chi connectivity index (χ3v) is 13.2. The Hall–Kier alpha value is -3.26. The summed E-state index contributed by atoms with van der Waals surface area (Å²) in [7, 11) is -2.97. The minimum atomic E-state index is -2.97. The molecule has 2 saturated heterocycles. The van der Waals surface area contributed by atoms with Crippen molar-refractivity contribution >= 4 is 30.6 Å². The lowest BCUT2D eigenvalue weighted by atomic mass is 9.92.